The van der Waals surface area contributed by atoms with Gasteiger partial charge in [0.05, 0.1) is 39.1 Å². The number of unbranched alkanes of at least 4 members (excludes halogenated alkanes) is 24. The fourth-order valence-corrected chi connectivity index (χ4v) is 9.11. The van der Waals surface area contributed by atoms with Crippen molar-refractivity contribution in [1.29, 1.82) is 0 Å². The third kappa shape index (κ3) is 47.8. The number of hydrogen-bond acceptors (Lipinski definition) is 11. The van der Waals surface area contributed by atoms with E-state index in [9.17, 15) is 29.4 Å². The van der Waals surface area contributed by atoms with Gasteiger partial charge in [-0.05, 0) is 70.3 Å². The highest BCUT2D eigenvalue weighted by Gasteiger charge is 2.22. The second-order valence-electron chi connectivity index (χ2n) is 20.4. The van der Waals surface area contributed by atoms with Crippen molar-refractivity contribution in [2.45, 2.75) is 284 Å². The van der Waals surface area contributed by atoms with Crippen molar-refractivity contribution in [2.24, 2.45) is 11.8 Å². The van der Waals surface area contributed by atoms with Crippen LogP contribution in [0, 0.1) is 11.8 Å². The van der Waals surface area contributed by atoms with Crippen LogP contribution in [0.5, 0.6) is 0 Å². The van der Waals surface area contributed by atoms with Gasteiger partial charge in [0.15, 0.2) is 0 Å². The number of ether oxygens (including phenoxy) is 4. The molecule has 2 atom stereocenters. The first-order chi connectivity index (χ1) is 33.7. The monoisotopic (exact) mass is 982 g/mol. The van der Waals surface area contributed by atoms with Gasteiger partial charge in [-0.25, -0.2) is 0 Å². The standard InChI is InChI=1S/C58H111NO10/c1-5-9-13-16-26-33-46-66-55(62)39-29-22-18-20-24-31-41-57(64)68-50-53(48-54(61)49-59(44-45-60)43-35-38-52(36-12-8-4)37-28-15-11-7-3)51-69-58(65)42-32-25-21-19-23-30-40-56(63)67-47-34-27-17-14-10-6-2/h52-54,60-61H,5-51H2,1-4H3/t52?,54-/m1/s1. The van der Waals surface area contributed by atoms with Gasteiger partial charge in [-0.3, -0.25) is 24.1 Å². The highest BCUT2D eigenvalue weighted by molar-refractivity contribution is 5.70. The molecule has 0 fully saturated rings. The largest absolute Gasteiger partial charge is 0.466 e. The Morgan fingerprint density at radius 3 is 1.16 bits per heavy atom. The van der Waals surface area contributed by atoms with Gasteiger partial charge in [-0.2, -0.15) is 0 Å². The summed E-state index contributed by atoms with van der Waals surface area (Å²) in [6.07, 6.45) is 38.4. The van der Waals surface area contributed by atoms with Crippen LogP contribution in [0.15, 0.2) is 0 Å². The lowest BCUT2D eigenvalue weighted by atomic mass is 9.91. The molecule has 0 aliphatic heterocycles. The van der Waals surface area contributed by atoms with E-state index >= 15 is 0 Å². The normalized spacial score (nSPS) is 12.4. The van der Waals surface area contributed by atoms with E-state index in [1.807, 2.05) is 0 Å². The van der Waals surface area contributed by atoms with Gasteiger partial charge in [-0.15, -0.1) is 0 Å². The molecular formula is C58H111NO10. The highest BCUT2D eigenvalue weighted by atomic mass is 16.5. The van der Waals surface area contributed by atoms with Crippen molar-refractivity contribution in [3.63, 3.8) is 0 Å². The molecule has 0 saturated heterocycles. The molecule has 2 N–H and O–H groups in total. The number of carbonyl (C=O) groups excluding carboxylic acids is 4. The zero-order valence-electron chi connectivity index (χ0n) is 45.6. The zero-order chi connectivity index (χ0) is 50.7. The van der Waals surface area contributed by atoms with Crippen molar-refractivity contribution in [2.75, 3.05) is 52.7 Å². The maximum atomic E-state index is 12.8. The van der Waals surface area contributed by atoms with Crippen molar-refractivity contribution in [1.82, 2.24) is 4.90 Å². The molecule has 0 spiro atoms. The van der Waals surface area contributed by atoms with Crippen molar-refractivity contribution < 1.29 is 48.3 Å². The molecular weight excluding hydrogens is 871 g/mol. The lowest BCUT2D eigenvalue weighted by Gasteiger charge is -2.27. The smallest absolute Gasteiger partial charge is 0.305 e. The molecule has 0 rings (SSSR count). The predicted molar refractivity (Wildman–Crippen MR) is 283 cm³/mol. The summed E-state index contributed by atoms with van der Waals surface area (Å²) in [5.41, 5.74) is 0. The fraction of sp³-hybridized carbons (Fsp3) is 0.931. The lowest BCUT2D eigenvalue weighted by molar-refractivity contribution is -0.150. The van der Waals surface area contributed by atoms with E-state index in [2.05, 4.69) is 32.6 Å². The van der Waals surface area contributed by atoms with Crippen molar-refractivity contribution >= 4 is 23.9 Å². The van der Waals surface area contributed by atoms with E-state index in [1.54, 1.807) is 0 Å². The number of hydrogen-bond donors (Lipinski definition) is 2. The zero-order valence-corrected chi connectivity index (χ0v) is 45.6. The van der Waals surface area contributed by atoms with Crippen LogP contribution in [-0.2, 0) is 38.1 Å². The van der Waals surface area contributed by atoms with Crippen molar-refractivity contribution in [3.8, 4) is 0 Å². The molecule has 1 unspecified atom stereocenters. The fourth-order valence-electron chi connectivity index (χ4n) is 9.11. The van der Waals surface area contributed by atoms with Gasteiger partial charge in [0.25, 0.3) is 0 Å². The molecule has 408 valence electrons. The molecule has 0 aromatic heterocycles. The second-order valence-corrected chi connectivity index (χ2v) is 20.4. The Kier molecular flexibility index (Phi) is 50.4. The van der Waals surface area contributed by atoms with E-state index < -0.39 is 6.10 Å². The number of nitrogens with zero attached hydrogens (tertiary/aromatic N) is 1. The summed E-state index contributed by atoms with van der Waals surface area (Å²) in [4.78, 5) is 51.9. The third-order valence-corrected chi connectivity index (χ3v) is 13.5. The van der Waals surface area contributed by atoms with E-state index in [-0.39, 0.29) is 49.6 Å². The summed E-state index contributed by atoms with van der Waals surface area (Å²) < 4.78 is 22.2. The van der Waals surface area contributed by atoms with Gasteiger partial charge in [0.1, 0.15) is 0 Å². The van der Waals surface area contributed by atoms with Gasteiger partial charge in [-0.1, -0.05) is 195 Å². The van der Waals surface area contributed by atoms with Crippen LogP contribution >= 0.6 is 0 Å². The highest BCUT2D eigenvalue weighted by Crippen LogP contribution is 2.23. The van der Waals surface area contributed by atoms with Gasteiger partial charge in [0, 0.05) is 44.7 Å². The summed E-state index contributed by atoms with van der Waals surface area (Å²) in [5.74, 6) is -0.392. The van der Waals surface area contributed by atoms with Gasteiger partial charge in [0.2, 0.25) is 0 Å². The molecule has 0 amide bonds. The minimum atomic E-state index is -0.728. The Hall–Kier alpha value is -2.24. The Bertz CT molecular complexity index is 1090. The predicted octanol–water partition coefficient (Wildman–Crippen LogP) is 14.3. The average molecular weight is 983 g/mol. The Labute approximate surface area is 424 Å². The molecule has 0 aliphatic carbocycles. The van der Waals surface area contributed by atoms with E-state index in [0.717, 1.165) is 128 Å². The summed E-state index contributed by atoms with van der Waals surface area (Å²) >= 11 is 0. The Balaban J connectivity index is 4.83. The van der Waals surface area contributed by atoms with E-state index in [4.69, 9.17) is 18.9 Å². The lowest BCUT2D eigenvalue weighted by Crippen LogP contribution is -2.37. The average Bonchev–Trinajstić information content (AvgIpc) is 3.33. The number of carbonyl (C=O) groups is 4. The molecule has 0 aromatic rings. The molecule has 0 heterocycles. The quantitative estimate of drug-likeness (QED) is 0.0341. The first kappa shape index (κ1) is 66.8. The summed E-state index contributed by atoms with van der Waals surface area (Å²) in [6.45, 7) is 11.8. The third-order valence-electron chi connectivity index (χ3n) is 13.5. The summed E-state index contributed by atoms with van der Waals surface area (Å²) in [7, 11) is 0. The molecule has 0 bridgehead atoms. The number of esters is 4. The SMILES string of the molecule is CCCCCCCCOC(=O)CCCCCCCCC(=O)OCC(COC(=O)CCCCCCCCC(=O)OCCCCCCCC)C[C@@H](O)CN(CCO)CCCC(CCCC)CCCCCC. The van der Waals surface area contributed by atoms with Crippen LogP contribution < -0.4 is 0 Å². The minimum absolute atomic E-state index is 0.0175. The molecule has 0 aromatic carbocycles. The molecule has 0 saturated carbocycles. The van der Waals surface area contributed by atoms with Crippen molar-refractivity contribution in [3.05, 3.63) is 0 Å². The van der Waals surface area contributed by atoms with E-state index in [0.29, 0.717) is 58.4 Å². The first-order valence-corrected chi connectivity index (χ1v) is 29.3. The molecule has 11 nitrogen and oxygen atoms in total. The van der Waals surface area contributed by atoms with Gasteiger partial charge < -0.3 is 29.2 Å². The second kappa shape index (κ2) is 52.1. The minimum Gasteiger partial charge on any atom is -0.466 e. The van der Waals surface area contributed by atoms with Crippen LogP contribution in [-0.4, -0.2) is 97.8 Å². The van der Waals surface area contributed by atoms with Crippen LogP contribution in [0.25, 0.3) is 0 Å². The first-order valence-electron chi connectivity index (χ1n) is 29.3. The number of aliphatic hydroxyl groups is 2. The van der Waals surface area contributed by atoms with Crippen LogP contribution in [0.3, 0.4) is 0 Å². The van der Waals surface area contributed by atoms with Crippen LogP contribution in [0.2, 0.25) is 0 Å². The molecule has 0 aliphatic rings. The molecule has 11 heteroatoms. The number of rotatable bonds is 54. The Morgan fingerprint density at radius 2 is 0.739 bits per heavy atom. The number of aliphatic hydroxyl groups excluding tert-OH is 2. The molecule has 69 heavy (non-hydrogen) atoms. The van der Waals surface area contributed by atoms with E-state index in [1.165, 1.54) is 103 Å². The van der Waals surface area contributed by atoms with Gasteiger partial charge >= 0.3 is 23.9 Å². The Morgan fingerprint density at radius 1 is 0.391 bits per heavy atom. The summed E-state index contributed by atoms with van der Waals surface area (Å²) in [5, 5.41) is 21.2. The topological polar surface area (TPSA) is 149 Å². The maximum absolute atomic E-state index is 12.8. The van der Waals surface area contributed by atoms with Crippen LogP contribution in [0.1, 0.15) is 278 Å². The molecule has 0 radical (unpaired) electrons. The van der Waals surface area contributed by atoms with Crippen LogP contribution in [0.4, 0.5) is 0 Å². The summed E-state index contributed by atoms with van der Waals surface area (Å²) in [6, 6.07) is 0. The maximum Gasteiger partial charge on any atom is 0.305 e.